The Morgan fingerprint density at radius 1 is 1.04 bits per heavy atom. The van der Waals surface area contributed by atoms with Gasteiger partial charge in [0.1, 0.15) is 23.5 Å². The maximum Gasteiger partial charge on any atom is 0.482 e. The Balaban J connectivity index is 1.27. The fourth-order valence-corrected chi connectivity index (χ4v) is 8.93. The number of amides is 4. The van der Waals surface area contributed by atoms with Gasteiger partial charge in [0.15, 0.2) is 11.2 Å². The number of para-hydroxylation sites is 1. The van der Waals surface area contributed by atoms with Crippen LogP contribution in [0.1, 0.15) is 94.5 Å². The van der Waals surface area contributed by atoms with Gasteiger partial charge in [0.25, 0.3) is 0 Å². The van der Waals surface area contributed by atoms with Crippen molar-refractivity contribution in [3.05, 3.63) is 76.3 Å². The first-order chi connectivity index (χ1) is 26.5. The SMILES string of the molecule is CCNC(=O)NC(C(=O)NC(Cc1cccc(C(=O)OC(C)(C)C)c1OC)B1OC2C[C@H]3C[C@@H](C3(C)C)[C@]2(C)O1)c1csc(NC(=O)OCc2ccccc2)n1. The zero-order chi connectivity index (χ0) is 40.4. The highest BCUT2D eigenvalue weighted by molar-refractivity contribution is 7.13. The van der Waals surface area contributed by atoms with Crippen LogP contribution in [0.3, 0.4) is 0 Å². The van der Waals surface area contributed by atoms with Gasteiger partial charge in [-0.3, -0.25) is 10.1 Å². The minimum absolute atomic E-state index is 0.0612. The summed E-state index contributed by atoms with van der Waals surface area (Å²) < 4.78 is 30.4. The van der Waals surface area contributed by atoms with Crippen LogP contribution in [0.2, 0.25) is 0 Å². The second-order valence-corrected chi connectivity index (χ2v) is 17.2. The van der Waals surface area contributed by atoms with Gasteiger partial charge in [-0.1, -0.05) is 56.3 Å². The molecule has 56 heavy (non-hydrogen) atoms. The number of rotatable bonds is 13. The third-order valence-electron chi connectivity index (χ3n) is 11.1. The molecule has 1 aliphatic heterocycles. The van der Waals surface area contributed by atoms with Crippen LogP contribution in [-0.2, 0) is 36.6 Å². The molecule has 1 saturated heterocycles. The van der Waals surface area contributed by atoms with Crippen LogP contribution in [0, 0.1) is 17.3 Å². The van der Waals surface area contributed by atoms with Crippen molar-refractivity contribution in [2.75, 3.05) is 19.0 Å². The van der Waals surface area contributed by atoms with Gasteiger partial charge in [-0.2, -0.15) is 0 Å². The third kappa shape index (κ3) is 8.82. The Hall–Kier alpha value is -4.67. The molecular formula is C40H52BN5O9S. The van der Waals surface area contributed by atoms with E-state index in [-0.39, 0.29) is 46.9 Å². The summed E-state index contributed by atoms with van der Waals surface area (Å²) in [6.07, 6.45) is 1.11. The lowest BCUT2D eigenvalue weighted by molar-refractivity contribution is -0.199. The van der Waals surface area contributed by atoms with Gasteiger partial charge in [0, 0.05) is 11.9 Å². The largest absolute Gasteiger partial charge is 0.496 e. The molecule has 1 aromatic heterocycles. The normalized spacial score (nSPS) is 23.1. The number of esters is 1. The highest BCUT2D eigenvalue weighted by Crippen LogP contribution is 2.65. The van der Waals surface area contributed by atoms with E-state index in [4.69, 9.17) is 23.5 Å². The van der Waals surface area contributed by atoms with Crippen LogP contribution in [0.5, 0.6) is 5.75 Å². The standard InChI is InChI=1S/C40H52BN5O9S/c1-9-42-35(49)45-31(27-22-56-36(43-27)46-37(50)52-21-23-14-11-10-12-15-23)33(47)44-30(41-54-29-20-25-19-28(39(25,5)6)40(29,7)55-41)18-24-16-13-17-26(32(24)51-8)34(48)53-38(2,3)4/h10-17,22,25,28-31H,9,18-21H2,1-8H3,(H,44,47)(H2,42,45,49)(H,43,46,50)/t25-,28+,29?,30?,31?,40+/m1/s1. The lowest BCUT2D eigenvalue weighted by Crippen LogP contribution is -2.65. The number of aromatic nitrogens is 1. The van der Waals surface area contributed by atoms with Crippen molar-refractivity contribution in [1.82, 2.24) is 20.9 Å². The van der Waals surface area contributed by atoms with Gasteiger partial charge in [-0.25, -0.2) is 19.4 Å². The first-order valence-electron chi connectivity index (χ1n) is 19.0. The first-order valence-corrected chi connectivity index (χ1v) is 19.9. The summed E-state index contributed by atoms with van der Waals surface area (Å²) in [4.78, 5) is 57.8. The second kappa shape index (κ2) is 16.4. The molecule has 3 saturated carbocycles. The van der Waals surface area contributed by atoms with E-state index in [1.165, 1.54) is 7.11 Å². The van der Waals surface area contributed by atoms with Crippen LogP contribution < -0.4 is 26.0 Å². The summed E-state index contributed by atoms with van der Waals surface area (Å²) >= 11 is 1.08. The maximum absolute atomic E-state index is 14.5. The van der Waals surface area contributed by atoms with Crippen LogP contribution in [0.4, 0.5) is 14.7 Å². The van der Waals surface area contributed by atoms with Crippen LogP contribution >= 0.6 is 11.3 Å². The minimum Gasteiger partial charge on any atom is -0.496 e. The van der Waals surface area contributed by atoms with Crippen molar-refractivity contribution >= 4 is 47.6 Å². The van der Waals surface area contributed by atoms with Crippen molar-refractivity contribution in [2.45, 2.75) is 104 Å². The average molecular weight is 790 g/mol. The first kappa shape index (κ1) is 41.0. The summed E-state index contributed by atoms with van der Waals surface area (Å²) in [6.45, 7) is 14.1. The fraction of sp³-hybridized carbons (Fsp3) is 0.525. The summed E-state index contributed by atoms with van der Waals surface area (Å²) in [5, 5.41) is 12.9. The number of thiazole rings is 1. The number of hydrogen-bond donors (Lipinski definition) is 4. The topological polar surface area (TPSA) is 175 Å². The molecule has 0 radical (unpaired) electrons. The van der Waals surface area contributed by atoms with E-state index in [0.29, 0.717) is 23.8 Å². The molecule has 3 aromatic rings. The number of carbonyl (C=O) groups is 4. The maximum atomic E-state index is 14.5. The molecule has 3 unspecified atom stereocenters. The highest BCUT2D eigenvalue weighted by atomic mass is 32.1. The molecule has 14 nitrogen and oxygen atoms in total. The molecule has 3 aliphatic carbocycles. The monoisotopic (exact) mass is 789 g/mol. The number of methoxy groups -OCH3 is 1. The Morgan fingerprint density at radius 2 is 1.79 bits per heavy atom. The molecule has 2 bridgehead atoms. The van der Waals surface area contributed by atoms with E-state index in [9.17, 15) is 19.2 Å². The Morgan fingerprint density at radius 3 is 2.46 bits per heavy atom. The fourth-order valence-electron chi connectivity index (χ4n) is 8.21. The van der Waals surface area contributed by atoms with E-state index < -0.39 is 54.3 Å². The highest BCUT2D eigenvalue weighted by Gasteiger charge is 2.68. The molecule has 7 rings (SSSR count). The zero-order valence-corrected chi connectivity index (χ0v) is 34.0. The number of carbonyl (C=O) groups excluding carboxylic acids is 4. The van der Waals surface area contributed by atoms with Gasteiger partial charge < -0.3 is 39.5 Å². The van der Waals surface area contributed by atoms with Crippen molar-refractivity contribution in [2.24, 2.45) is 17.3 Å². The quantitative estimate of drug-likeness (QED) is 0.115. The lowest BCUT2D eigenvalue weighted by Gasteiger charge is -2.64. The van der Waals surface area contributed by atoms with Crippen LogP contribution in [-0.4, -0.2) is 73.0 Å². The number of benzene rings is 2. The number of nitrogens with zero attached hydrogens (tertiary/aromatic N) is 1. The number of hydrogen-bond acceptors (Lipinski definition) is 11. The Kier molecular flexibility index (Phi) is 12.0. The predicted octanol–water partition coefficient (Wildman–Crippen LogP) is 6.21. The number of anilines is 1. The Bertz CT molecular complexity index is 1920. The third-order valence-corrected chi connectivity index (χ3v) is 11.9. The van der Waals surface area contributed by atoms with Crippen molar-refractivity contribution in [3.63, 3.8) is 0 Å². The molecule has 6 atom stereocenters. The van der Waals surface area contributed by atoms with Crippen LogP contribution in [0.15, 0.2) is 53.9 Å². The summed E-state index contributed by atoms with van der Waals surface area (Å²) in [5.74, 6) is -0.885. The van der Waals surface area contributed by atoms with E-state index in [2.05, 4.69) is 47.0 Å². The van der Waals surface area contributed by atoms with Gasteiger partial charge >= 0.3 is 25.2 Å². The summed E-state index contributed by atoms with van der Waals surface area (Å²) in [5.41, 5.74) is 0.619. The van der Waals surface area contributed by atoms with Crippen molar-refractivity contribution < 1.29 is 42.7 Å². The average Bonchev–Trinajstić information content (AvgIpc) is 3.76. The van der Waals surface area contributed by atoms with Gasteiger partial charge in [-0.05, 0) is 88.3 Å². The molecule has 300 valence electrons. The zero-order valence-electron chi connectivity index (χ0n) is 33.2. The Labute approximate surface area is 332 Å². The smallest absolute Gasteiger partial charge is 0.482 e. The van der Waals surface area contributed by atoms with E-state index in [0.717, 1.165) is 29.7 Å². The van der Waals surface area contributed by atoms with E-state index >= 15 is 0 Å². The molecule has 4 N–H and O–H groups in total. The number of nitrogens with one attached hydrogen (secondary N) is 4. The molecule has 4 fully saturated rings. The molecule has 0 spiro atoms. The predicted molar refractivity (Wildman–Crippen MR) is 211 cm³/mol. The summed E-state index contributed by atoms with van der Waals surface area (Å²) in [6, 6.07) is 12.6. The summed E-state index contributed by atoms with van der Waals surface area (Å²) in [7, 11) is 0.599. The van der Waals surface area contributed by atoms with Gasteiger partial charge in [-0.15, -0.1) is 11.3 Å². The minimum atomic E-state index is -1.28. The van der Waals surface area contributed by atoms with Gasteiger partial charge in [0.05, 0.1) is 30.4 Å². The van der Waals surface area contributed by atoms with Crippen molar-refractivity contribution in [3.8, 4) is 5.75 Å². The molecular weight excluding hydrogens is 737 g/mol. The molecule has 16 heteroatoms. The van der Waals surface area contributed by atoms with E-state index in [1.54, 1.807) is 45.2 Å². The molecule has 4 amide bonds. The molecule has 2 heterocycles. The van der Waals surface area contributed by atoms with Crippen LogP contribution in [0.25, 0.3) is 0 Å². The van der Waals surface area contributed by atoms with Gasteiger partial charge in [0.2, 0.25) is 5.91 Å². The number of urea groups is 1. The molecule has 4 aliphatic rings. The van der Waals surface area contributed by atoms with E-state index in [1.807, 2.05) is 36.4 Å². The number of ether oxygens (including phenoxy) is 3. The van der Waals surface area contributed by atoms with Crippen molar-refractivity contribution in [1.29, 1.82) is 0 Å². The lowest BCUT2D eigenvalue weighted by atomic mass is 9.43. The molecule has 2 aromatic carbocycles. The second-order valence-electron chi connectivity index (χ2n) is 16.4.